The van der Waals surface area contributed by atoms with Crippen molar-refractivity contribution in [2.45, 2.75) is 84.8 Å². The van der Waals surface area contributed by atoms with E-state index in [1.807, 2.05) is 0 Å². The summed E-state index contributed by atoms with van der Waals surface area (Å²) in [7, 11) is 0. The number of carbonyl (C=O) groups is 2. The number of amides is 2. The molecule has 1 aromatic carbocycles. The fourth-order valence-corrected chi connectivity index (χ4v) is 4.42. The molecule has 0 aliphatic carbocycles. The molecule has 40 heavy (non-hydrogen) atoms. The molecule has 0 radical (unpaired) electrons. The molecule has 2 amide bonds. The Morgan fingerprint density at radius 2 is 1.73 bits per heavy atom. The van der Waals surface area contributed by atoms with Crippen molar-refractivity contribution >= 4 is 51.1 Å². The quantitative estimate of drug-likeness (QED) is 0.297. The van der Waals surface area contributed by atoms with Gasteiger partial charge in [-0.2, -0.15) is 4.98 Å². The molecule has 0 unspecified atom stereocenters. The normalized spacial score (nSPS) is 13.6. The molecular weight excluding hydrogens is 612 g/mol. The number of benzene rings is 1. The van der Waals surface area contributed by atoms with Gasteiger partial charge in [0.05, 0.1) is 12.6 Å². The van der Waals surface area contributed by atoms with Crippen molar-refractivity contribution in [3.8, 4) is 0 Å². The van der Waals surface area contributed by atoms with E-state index >= 15 is 0 Å². The van der Waals surface area contributed by atoms with E-state index in [2.05, 4.69) is 31.3 Å². The van der Waals surface area contributed by atoms with Gasteiger partial charge in [-0.1, -0.05) is 12.1 Å². The van der Waals surface area contributed by atoms with E-state index in [1.54, 1.807) is 59.7 Å². The van der Waals surface area contributed by atoms with Crippen molar-refractivity contribution in [3.63, 3.8) is 0 Å². The Hall–Kier alpha value is -2.99. The van der Waals surface area contributed by atoms with Crippen LogP contribution in [-0.2, 0) is 22.4 Å². The summed E-state index contributed by atoms with van der Waals surface area (Å²) >= 11 is 9.77. The Kier molecular flexibility index (Phi) is 9.66. The van der Waals surface area contributed by atoms with Gasteiger partial charge in [-0.15, -0.1) is 5.10 Å². The third-order valence-corrected chi connectivity index (χ3v) is 6.43. The topological polar surface area (TPSA) is 98.1 Å². The van der Waals surface area contributed by atoms with Gasteiger partial charge in [0.2, 0.25) is 5.28 Å². The van der Waals surface area contributed by atoms with Gasteiger partial charge in [0, 0.05) is 0 Å². The molecule has 2 heterocycles. The summed E-state index contributed by atoms with van der Waals surface area (Å²) in [5, 5.41) is 6.66. The molecule has 3 rings (SSSR count). The number of hydrogen-bond donors (Lipinski definition) is 1. The van der Waals surface area contributed by atoms with Crippen LogP contribution in [0.4, 0.5) is 24.2 Å². The predicted molar refractivity (Wildman–Crippen MR) is 152 cm³/mol. The minimum atomic E-state index is -1.42. The molecule has 0 fully saturated rings. The second kappa shape index (κ2) is 12.3. The molecule has 0 aliphatic rings. The first-order chi connectivity index (χ1) is 18.4. The second-order valence-corrected chi connectivity index (χ2v) is 12.4. The van der Waals surface area contributed by atoms with Crippen LogP contribution in [0.3, 0.4) is 0 Å². The van der Waals surface area contributed by atoms with Crippen molar-refractivity contribution in [2.24, 2.45) is 0 Å². The number of nitrogens with one attached hydrogen (secondary N) is 1. The van der Waals surface area contributed by atoms with Gasteiger partial charge in [0.25, 0.3) is 0 Å². The average molecular weight is 645 g/mol. The summed E-state index contributed by atoms with van der Waals surface area (Å²) in [6.45, 7) is 11.6. The van der Waals surface area contributed by atoms with Gasteiger partial charge in [-0.05, 0) is 112 Å². The van der Waals surface area contributed by atoms with E-state index in [4.69, 9.17) is 21.1 Å². The first-order valence-electron chi connectivity index (χ1n) is 12.6. The Morgan fingerprint density at radius 1 is 1.12 bits per heavy atom. The van der Waals surface area contributed by atoms with Crippen LogP contribution in [0.2, 0.25) is 5.28 Å². The molecule has 0 saturated carbocycles. The van der Waals surface area contributed by atoms with Gasteiger partial charge < -0.3 is 14.8 Å². The van der Waals surface area contributed by atoms with Crippen LogP contribution >= 0.6 is 27.5 Å². The summed E-state index contributed by atoms with van der Waals surface area (Å²) in [6.07, 6.45) is -2.83. The van der Waals surface area contributed by atoms with Crippen LogP contribution in [0.1, 0.15) is 59.6 Å². The zero-order valence-electron chi connectivity index (χ0n) is 23.4. The Morgan fingerprint density at radius 3 is 2.27 bits per heavy atom. The number of ether oxygens (including phenoxy) is 2. The highest BCUT2D eigenvalue weighted by atomic mass is 79.9. The lowest BCUT2D eigenvalue weighted by Gasteiger charge is -2.27. The van der Waals surface area contributed by atoms with Crippen LogP contribution in [-0.4, -0.2) is 50.2 Å². The van der Waals surface area contributed by atoms with Crippen molar-refractivity contribution in [2.75, 3.05) is 4.90 Å². The first-order valence-corrected chi connectivity index (χ1v) is 13.7. The standard InChI is InChI=1S/C27H33BrClF2N5O4/c1-15(30)19(32-24(37)39-26(2,3)4)12-17-13-20-22(33-23(29)34-36(20)21(17)28)35(25(38)40-27(5,6)7)14-16-8-10-18(31)11-9-16/h8-11,13,15,19H,12,14H2,1-7H3,(H,32,37)/t15-,19+/m0/s1. The van der Waals surface area contributed by atoms with Crippen molar-refractivity contribution in [3.05, 3.63) is 57.2 Å². The van der Waals surface area contributed by atoms with E-state index in [0.717, 1.165) is 0 Å². The van der Waals surface area contributed by atoms with Gasteiger partial charge in [0.1, 0.15) is 33.3 Å². The fourth-order valence-electron chi connectivity index (χ4n) is 3.72. The monoisotopic (exact) mass is 643 g/mol. The maximum atomic E-state index is 14.6. The van der Waals surface area contributed by atoms with Crippen molar-refractivity contribution in [1.82, 2.24) is 19.9 Å². The molecule has 218 valence electrons. The average Bonchev–Trinajstić information content (AvgIpc) is 3.10. The molecular formula is C27H33BrClF2N5O4. The number of rotatable bonds is 7. The highest BCUT2D eigenvalue weighted by molar-refractivity contribution is 9.10. The third kappa shape index (κ3) is 8.50. The summed E-state index contributed by atoms with van der Waals surface area (Å²) in [4.78, 5) is 31.3. The number of alkyl carbamates (subject to hydrolysis) is 1. The SMILES string of the molecule is C[C@H](F)[C@@H](Cc1cc2c(N(Cc3ccc(F)cc3)C(=O)OC(C)(C)C)nc(Cl)nn2c1Br)NC(=O)OC(C)(C)C. The van der Waals surface area contributed by atoms with Crippen LogP contribution in [0.5, 0.6) is 0 Å². The fraction of sp³-hybridized carbons (Fsp3) is 0.481. The van der Waals surface area contributed by atoms with Crippen LogP contribution in [0.15, 0.2) is 34.9 Å². The number of hydrogen-bond acceptors (Lipinski definition) is 6. The number of halogens is 4. The summed E-state index contributed by atoms with van der Waals surface area (Å²) in [5.74, 6) is -0.299. The molecule has 0 aliphatic heterocycles. The van der Waals surface area contributed by atoms with E-state index < -0.39 is 41.4 Å². The molecule has 2 aromatic heterocycles. The van der Waals surface area contributed by atoms with E-state index in [1.165, 1.54) is 28.5 Å². The Balaban J connectivity index is 2.06. The molecule has 3 aromatic rings. The van der Waals surface area contributed by atoms with Crippen LogP contribution in [0.25, 0.3) is 5.52 Å². The van der Waals surface area contributed by atoms with Gasteiger partial charge in [-0.3, -0.25) is 4.90 Å². The lowest BCUT2D eigenvalue weighted by atomic mass is 10.1. The van der Waals surface area contributed by atoms with Crippen LogP contribution < -0.4 is 10.2 Å². The smallest absolute Gasteiger partial charge is 0.416 e. The Bertz CT molecular complexity index is 1370. The summed E-state index contributed by atoms with van der Waals surface area (Å²) in [6, 6.07) is 6.39. The van der Waals surface area contributed by atoms with E-state index in [9.17, 15) is 18.4 Å². The zero-order chi connectivity index (χ0) is 30.0. The lowest BCUT2D eigenvalue weighted by Crippen LogP contribution is -2.44. The summed E-state index contributed by atoms with van der Waals surface area (Å²) in [5.41, 5.74) is -0.0391. The second-order valence-electron chi connectivity index (χ2n) is 11.3. The number of aromatic nitrogens is 3. The number of anilines is 1. The number of fused-ring (bicyclic) bond motifs is 1. The molecule has 9 nitrogen and oxygen atoms in total. The first kappa shape index (κ1) is 31.5. The maximum Gasteiger partial charge on any atom is 0.416 e. The van der Waals surface area contributed by atoms with Gasteiger partial charge in [-0.25, -0.2) is 22.9 Å². The number of carbonyl (C=O) groups excluding carboxylic acids is 2. The molecule has 13 heteroatoms. The van der Waals surface area contributed by atoms with Crippen LogP contribution in [0, 0.1) is 5.82 Å². The number of nitrogens with zero attached hydrogens (tertiary/aromatic N) is 4. The largest absolute Gasteiger partial charge is 0.444 e. The molecule has 2 atom stereocenters. The predicted octanol–water partition coefficient (Wildman–Crippen LogP) is 7.02. The molecule has 0 spiro atoms. The molecule has 1 N–H and O–H groups in total. The van der Waals surface area contributed by atoms with E-state index in [-0.39, 0.29) is 24.1 Å². The van der Waals surface area contributed by atoms with E-state index in [0.29, 0.717) is 21.2 Å². The highest BCUT2D eigenvalue weighted by Gasteiger charge is 2.30. The van der Waals surface area contributed by atoms with Crippen molar-refractivity contribution < 1.29 is 27.8 Å². The van der Waals surface area contributed by atoms with Gasteiger partial charge >= 0.3 is 12.2 Å². The zero-order valence-corrected chi connectivity index (χ0v) is 25.7. The minimum absolute atomic E-state index is 0.0132. The Labute approximate surface area is 245 Å². The third-order valence-electron chi connectivity index (χ3n) is 5.42. The summed E-state index contributed by atoms with van der Waals surface area (Å²) < 4.78 is 40.9. The number of alkyl halides is 1. The molecule has 0 saturated heterocycles. The minimum Gasteiger partial charge on any atom is -0.444 e. The van der Waals surface area contributed by atoms with Gasteiger partial charge in [0.15, 0.2) is 5.82 Å². The maximum absolute atomic E-state index is 14.6. The highest BCUT2D eigenvalue weighted by Crippen LogP contribution is 2.31. The van der Waals surface area contributed by atoms with Crippen molar-refractivity contribution in [1.29, 1.82) is 0 Å². The lowest BCUT2D eigenvalue weighted by molar-refractivity contribution is 0.0476. The molecule has 0 bridgehead atoms.